The van der Waals surface area contributed by atoms with E-state index < -0.39 is 0 Å². The van der Waals surface area contributed by atoms with Crippen molar-refractivity contribution in [3.05, 3.63) is 34.9 Å². The second-order valence-electron chi connectivity index (χ2n) is 4.95. The zero-order chi connectivity index (χ0) is 12.8. The van der Waals surface area contributed by atoms with Crippen molar-refractivity contribution in [3.63, 3.8) is 0 Å². The molecule has 0 N–H and O–H groups in total. The molecule has 1 aliphatic carbocycles. The summed E-state index contributed by atoms with van der Waals surface area (Å²) in [5, 5.41) is 1.60. The first-order valence-electron chi connectivity index (χ1n) is 6.76. The number of rotatable bonds is 4. The summed E-state index contributed by atoms with van der Waals surface area (Å²) in [6.45, 7) is 0. The average Bonchev–Trinajstić information content (AvgIpc) is 2.64. The number of benzene rings is 1. The molecule has 1 fully saturated rings. The lowest BCUT2D eigenvalue weighted by Gasteiger charge is -2.23. The Morgan fingerprint density at radius 1 is 1.22 bits per heavy atom. The number of hydrogen-bond acceptors (Lipinski definition) is 1. The highest BCUT2D eigenvalue weighted by Crippen LogP contribution is 2.28. The molecule has 3 heteroatoms. The van der Waals surface area contributed by atoms with Crippen LogP contribution < -0.4 is 0 Å². The first kappa shape index (κ1) is 14.4. The van der Waals surface area contributed by atoms with Crippen molar-refractivity contribution in [2.75, 3.05) is 5.33 Å². The van der Waals surface area contributed by atoms with Gasteiger partial charge in [0.25, 0.3) is 0 Å². The van der Waals surface area contributed by atoms with Gasteiger partial charge in [0.1, 0.15) is 0 Å². The van der Waals surface area contributed by atoms with E-state index in [9.17, 15) is 0 Å². The third kappa shape index (κ3) is 4.25. The van der Waals surface area contributed by atoms with Crippen LogP contribution in [0.1, 0.15) is 50.2 Å². The van der Waals surface area contributed by atoms with Gasteiger partial charge >= 0.3 is 0 Å². The molecule has 100 valence electrons. The van der Waals surface area contributed by atoms with Crippen molar-refractivity contribution in [2.24, 2.45) is 0 Å². The molecule has 1 nitrogen and oxygen atoms in total. The first-order chi connectivity index (χ1) is 8.79. The minimum absolute atomic E-state index is 0.117. The summed E-state index contributed by atoms with van der Waals surface area (Å²) in [4.78, 5) is 0. The van der Waals surface area contributed by atoms with Gasteiger partial charge < -0.3 is 4.74 Å². The second kappa shape index (κ2) is 7.52. The third-order valence-corrected chi connectivity index (χ3v) is 4.34. The summed E-state index contributed by atoms with van der Waals surface area (Å²) in [5.74, 6) is 0. The van der Waals surface area contributed by atoms with Crippen molar-refractivity contribution in [2.45, 2.75) is 50.7 Å². The van der Waals surface area contributed by atoms with Gasteiger partial charge in [-0.25, -0.2) is 0 Å². The average molecular weight is 332 g/mol. The Labute approximate surface area is 123 Å². The molecule has 0 radical (unpaired) electrons. The molecule has 0 bridgehead atoms. The number of ether oxygens (including phenoxy) is 1. The largest absolute Gasteiger partial charge is 0.369 e. The molecule has 0 heterocycles. The van der Waals surface area contributed by atoms with Crippen LogP contribution in [-0.2, 0) is 4.74 Å². The molecule has 1 atom stereocenters. The van der Waals surface area contributed by atoms with Gasteiger partial charge in [0, 0.05) is 10.4 Å². The van der Waals surface area contributed by atoms with Gasteiger partial charge in [0.15, 0.2) is 0 Å². The Balaban J connectivity index is 1.99. The topological polar surface area (TPSA) is 9.23 Å². The lowest BCUT2D eigenvalue weighted by Crippen LogP contribution is -2.17. The summed E-state index contributed by atoms with van der Waals surface area (Å²) >= 11 is 9.60. The van der Waals surface area contributed by atoms with Gasteiger partial charge in [-0.05, 0) is 30.5 Å². The zero-order valence-corrected chi connectivity index (χ0v) is 12.9. The highest BCUT2D eigenvalue weighted by molar-refractivity contribution is 9.09. The van der Waals surface area contributed by atoms with Crippen molar-refractivity contribution in [1.29, 1.82) is 0 Å². The van der Waals surface area contributed by atoms with Crippen LogP contribution in [0.4, 0.5) is 0 Å². The van der Waals surface area contributed by atoms with Gasteiger partial charge in [-0.15, -0.1) is 0 Å². The van der Waals surface area contributed by atoms with E-state index in [1.165, 1.54) is 44.1 Å². The second-order valence-corrected chi connectivity index (χ2v) is 6.03. The fourth-order valence-electron chi connectivity index (χ4n) is 2.52. The Hall–Kier alpha value is -0.0500. The van der Waals surface area contributed by atoms with Crippen LogP contribution in [0.2, 0.25) is 5.02 Å². The Kier molecular flexibility index (Phi) is 6.00. The van der Waals surface area contributed by atoms with E-state index in [4.69, 9.17) is 16.3 Å². The maximum absolute atomic E-state index is 6.26. The van der Waals surface area contributed by atoms with Crippen molar-refractivity contribution < 1.29 is 4.74 Å². The van der Waals surface area contributed by atoms with E-state index in [2.05, 4.69) is 22.0 Å². The van der Waals surface area contributed by atoms with Gasteiger partial charge in [-0.3, -0.25) is 0 Å². The number of alkyl halides is 1. The fourth-order valence-corrected chi connectivity index (χ4v) is 3.25. The van der Waals surface area contributed by atoms with E-state index in [1.807, 2.05) is 18.2 Å². The van der Waals surface area contributed by atoms with Crippen LogP contribution in [0.15, 0.2) is 24.3 Å². The molecular weight excluding hydrogens is 312 g/mol. The maximum atomic E-state index is 6.26. The number of halogens is 2. The standard InChI is InChI=1S/C15H20BrClO/c16-11-15(12-6-5-7-13(17)10-12)18-14-8-3-1-2-4-9-14/h5-7,10,14-15H,1-4,8-9,11H2. The maximum Gasteiger partial charge on any atom is 0.0925 e. The lowest BCUT2D eigenvalue weighted by molar-refractivity contribution is -0.00791. The highest BCUT2D eigenvalue weighted by atomic mass is 79.9. The van der Waals surface area contributed by atoms with Crippen LogP contribution in [0.25, 0.3) is 0 Å². The minimum Gasteiger partial charge on any atom is -0.369 e. The number of hydrogen-bond donors (Lipinski definition) is 0. The Morgan fingerprint density at radius 2 is 1.94 bits per heavy atom. The van der Waals surface area contributed by atoms with Gasteiger partial charge in [0.05, 0.1) is 12.2 Å². The molecule has 0 amide bonds. The normalized spacial score (nSPS) is 19.4. The van der Waals surface area contributed by atoms with Crippen LogP contribution in [-0.4, -0.2) is 11.4 Å². The molecule has 1 aromatic carbocycles. The van der Waals surface area contributed by atoms with Gasteiger partial charge in [-0.1, -0.05) is 65.3 Å². The predicted molar refractivity (Wildman–Crippen MR) is 80.6 cm³/mol. The molecule has 1 aliphatic rings. The summed E-state index contributed by atoms with van der Waals surface area (Å²) in [6, 6.07) is 7.99. The molecule has 1 unspecified atom stereocenters. The Bertz CT molecular complexity index is 361. The molecular formula is C15H20BrClO. The summed E-state index contributed by atoms with van der Waals surface area (Å²) < 4.78 is 6.26. The molecule has 0 spiro atoms. The van der Waals surface area contributed by atoms with Crippen LogP contribution in [0, 0.1) is 0 Å². The first-order valence-corrected chi connectivity index (χ1v) is 8.26. The van der Waals surface area contributed by atoms with E-state index >= 15 is 0 Å². The lowest BCUT2D eigenvalue weighted by atomic mass is 10.1. The fraction of sp³-hybridized carbons (Fsp3) is 0.600. The van der Waals surface area contributed by atoms with Crippen molar-refractivity contribution in [1.82, 2.24) is 0 Å². The SMILES string of the molecule is Clc1cccc(C(CBr)OC2CCCCCC2)c1. The van der Waals surface area contributed by atoms with Crippen molar-refractivity contribution >= 4 is 27.5 Å². The molecule has 2 rings (SSSR count). The van der Waals surface area contributed by atoms with Crippen LogP contribution in [0.5, 0.6) is 0 Å². The van der Waals surface area contributed by atoms with E-state index in [1.54, 1.807) is 0 Å². The van der Waals surface area contributed by atoms with Gasteiger partial charge in [-0.2, -0.15) is 0 Å². The zero-order valence-electron chi connectivity index (χ0n) is 10.6. The molecule has 1 aromatic rings. The highest BCUT2D eigenvalue weighted by Gasteiger charge is 2.19. The molecule has 18 heavy (non-hydrogen) atoms. The van der Waals surface area contributed by atoms with Crippen LogP contribution >= 0.6 is 27.5 Å². The Morgan fingerprint density at radius 3 is 2.56 bits per heavy atom. The molecule has 0 aliphatic heterocycles. The van der Waals surface area contributed by atoms with E-state index in [0.29, 0.717) is 6.10 Å². The van der Waals surface area contributed by atoms with Crippen molar-refractivity contribution in [3.8, 4) is 0 Å². The molecule has 0 aromatic heterocycles. The smallest absolute Gasteiger partial charge is 0.0925 e. The minimum atomic E-state index is 0.117. The van der Waals surface area contributed by atoms with E-state index in [-0.39, 0.29) is 6.10 Å². The molecule has 0 saturated heterocycles. The van der Waals surface area contributed by atoms with Crippen LogP contribution in [0.3, 0.4) is 0 Å². The third-order valence-electron chi connectivity index (χ3n) is 3.52. The molecule has 1 saturated carbocycles. The summed E-state index contributed by atoms with van der Waals surface area (Å²) in [7, 11) is 0. The summed E-state index contributed by atoms with van der Waals surface area (Å²) in [5.41, 5.74) is 1.17. The quantitative estimate of drug-likeness (QED) is 0.522. The summed E-state index contributed by atoms with van der Waals surface area (Å²) in [6.07, 6.45) is 8.24. The monoisotopic (exact) mass is 330 g/mol. The van der Waals surface area contributed by atoms with E-state index in [0.717, 1.165) is 10.4 Å². The predicted octanol–water partition coefficient (Wildman–Crippen LogP) is 5.52. The van der Waals surface area contributed by atoms with Gasteiger partial charge in [0.2, 0.25) is 0 Å².